The summed E-state index contributed by atoms with van der Waals surface area (Å²) in [4.78, 5) is 19.5. The summed E-state index contributed by atoms with van der Waals surface area (Å²) in [6.07, 6.45) is 4.08. The molecular formula is C18H20N2O2S. The summed E-state index contributed by atoms with van der Waals surface area (Å²) in [5, 5.41) is 2.90. The zero-order chi connectivity index (χ0) is 15.7. The molecule has 23 heavy (non-hydrogen) atoms. The number of carbonyl (C=O) groups excluding carboxylic acids is 1. The van der Waals surface area contributed by atoms with E-state index in [4.69, 9.17) is 4.74 Å². The molecule has 120 valence electrons. The van der Waals surface area contributed by atoms with Gasteiger partial charge in [0.1, 0.15) is 5.69 Å². The van der Waals surface area contributed by atoms with Gasteiger partial charge in [0.05, 0.1) is 23.8 Å². The molecule has 1 saturated carbocycles. The van der Waals surface area contributed by atoms with Crippen LogP contribution in [-0.2, 0) is 11.2 Å². The lowest BCUT2D eigenvalue weighted by atomic mass is 9.75. The minimum Gasteiger partial charge on any atom is -0.377 e. The normalized spacial score (nSPS) is 19.6. The lowest BCUT2D eigenvalue weighted by Gasteiger charge is -2.52. The Morgan fingerprint density at radius 3 is 2.87 bits per heavy atom. The first-order valence-corrected chi connectivity index (χ1v) is 9.03. The van der Waals surface area contributed by atoms with Crippen molar-refractivity contribution in [3.8, 4) is 0 Å². The van der Waals surface area contributed by atoms with Crippen molar-refractivity contribution in [2.45, 2.75) is 31.2 Å². The Morgan fingerprint density at radius 2 is 2.13 bits per heavy atom. The number of aromatic nitrogens is 1. The molecule has 1 aromatic heterocycles. The maximum absolute atomic E-state index is 12.9. The third-order valence-electron chi connectivity index (χ3n) is 4.90. The van der Waals surface area contributed by atoms with E-state index >= 15 is 0 Å². The van der Waals surface area contributed by atoms with Gasteiger partial charge in [-0.2, -0.15) is 0 Å². The Bertz CT molecular complexity index is 694. The van der Waals surface area contributed by atoms with E-state index in [0.717, 1.165) is 24.3 Å². The maximum atomic E-state index is 12.9. The predicted molar refractivity (Wildman–Crippen MR) is 89.8 cm³/mol. The van der Waals surface area contributed by atoms with Gasteiger partial charge in [-0.25, -0.2) is 4.98 Å². The number of carbonyl (C=O) groups is 1. The minimum absolute atomic E-state index is 0.0570. The summed E-state index contributed by atoms with van der Waals surface area (Å²) in [5.41, 5.74) is 1.76. The van der Waals surface area contributed by atoms with E-state index in [-0.39, 0.29) is 11.4 Å². The molecule has 1 aromatic carbocycles. The molecule has 5 heteroatoms. The predicted octanol–water partition coefficient (Wildman–Crippen LogP) is 3.13. The molecule has 1 aliphatic heterocycles. The van der Waals surface area contributed by atoms with Crippen molar-refractivity contribution >= 4 is 17.2 Å². The summed E-state index contributed by atoms with van der Waals surface area (Å²) in [7, 11) is 0. The fourth-order valence-electron chi connectivity index (χ4n) is 3.45. The number of hydrogen-bond donors (Lipinski definition) is 0. The lowest BCUT2D eigenvalue weighted by molar-refractivity contribution is -0.0879. The molecule has 0 radical (unpaired) electrons. The van der Waals surface area contributed by atoms with E-state index in [0.29, 0.717) is 25.5 Å². The number of rotatable bonds is 3. The number of nitrogens with zero attached hydrogens (tertiary/aromatic N) is 2. The number of hydrogen-bond acceptors (Lipinski definition) is 4. The second kappa shape index (κ2) is 6.06. The minimum atomic E-state index is -0.0570. The van der Waals surface area contributed by atoms with Crippen LogP contribution >= 0.6 is 11.3 Å². The molecule has 2 fully saturated rings. The molecule has 4 nitrogen and oxygen atoms in total. The van der Waals surface area contributed by atoms with Crippen molar-refractivity contribution in [1.29, 1.82) is 0 Å². The largest absolute Gasteiger partial charge is 0.377 e. The number of thiazole rings is 1. The van der Waals surface area contributed by atoms with E-state index in [9.17, 15) is 4.79 Å². The number of morpholine rings is 1. The van der Waals surface area contributed by atoms with Crippen molar-refractivity contribution in [2.75, 3.05) is 19.8 Å². The average molecular weight is 328 g/mol. The van der Waals surface area contributed by atoms with Crippen molar-refractivity contribution in [3.63, 3.8) is 0 Å². The highest BCUT2D eigenvalue weighted by atomic mass is 32.1. The molecule has 0 unspecified atom stereocenters. The Morgan fingerprint density at radius 1 is 1.30 bits per heavy atom. The van der Waals surface area contributed by atoms with Crippen LogP contribution in [0.4, 0.5) is 0 Å². The van der Waals surface area contributed by atoms with Crippen LogP contribution in [0.1, 0.15) is 40.3 Å². The van der Waals surface area contributed by atoms with Gasteiger partial charge in [-0.1, -0.05) is 30.3 Å². The van der Waals surface area contributed by atoms with Gasteiger partial charge in [0.15, 0.2) is 0 Å². The quantitative estimate of drug-likeness (QED) is 0.869. The van der Waals surface area contributed by atoms with E-state index in [1.54, 1.807) is 11.3 Å². The first kappa shape index (κ1) is 14.8. The fraction of sp³-hybridized carbons (Fsp3) is 0.444. The van der Waals surface area contributed by atoms with Crippen molar-refractivity contribution in [2.24, 2.45) is 0 Å². The third kappa shape index (κ3) is 2.79. The first-order valence-electron chi connectivity index (χ1n) is 8.15. The highest BCUT2D eigenvalue weighted by molar-refractivity contribution is 7.09. The number of ether oxygens (including phenoxy) is 1. The van der Waals surface area contributed by atoms with Gasteiger partial charge in [0.2, 0.25) is 0 Å². The van der Waals surface area contributed by atoms with Crippen molar-refractivity contribution in [1.82, 2.24) is 9.88 Å². The Balaban J connectivity index is 1.51. The maximum Gasteiger partial charge on any atom is 0.273 e. The molecular weight excluding hydrogens is 308 g/mol. The van der Waals surface area contributed by atoms with Crippen LogP contribution in [0.2, 0.25) is 0 Å². The lowest BCUT2D eigenvalue weighted by Crippen LogP contribution is -2.62. The van der Waals surface area contributed by atoms with Gasteiger partial charge >= 0.3 is 0 Å². The molecule has 1 aliphatic carbocycles. The zero-order valence-corrected chi connectivity index (χ0v) is 13.8. The SMILES string of the molecule is O=C(c1csc(Cc2ccccc2)n1)N1CCOCC12CCC2. The molecule has 2 aromatic rings. The third-order valence-corrected chi connectivity index (χ3v) is 5.75. The molecule has 2 aliphatic rings. The Kier molecular flexibility index (Phi) is 3.91. The molecule has 2 heterocycles. The highest BCUT2D eigenvalue weighted by Crippen LogP contribution is 2.40. The second-order valence-electron chi connectivity index (χ2n) is 6.38. The standard InChI is InChI=1S/C18H20N2O2S/c21-17(20-9-10-22-13-18(20)7-4-8-18)15-12-23-16(19-15)11-14-5-2-1-3-6-14/h1-3,5-6,12H,4,7-11,13H2. The van der Waals surface area contributed by atoms with Crippen molar-refractivity contribution < 1.29 is 9.53 Å². The summed E-state index contributed by atoms with van der Waals surface area (Å²) in [6.45, 7) is 2.00. The molecule has 1 amide bonds. The molecule has 1 saturated heterocycles. The van der Waals surface area contributed by atoms with Gasteiger partial charge < -0.3 is 9.64 Å². The van der Waals surface area contributed by atoms with Crippen LogP contribution in [0, 0.1) is 0 Å². The van der Waals surface area contributed by atoms with Gasteiger partial charge in [-0.3, -0.25) is 4.79 Å². The topological polar surface area (TPSA) is 42.4 Å². The summed E-state index contributed by atoms with van der Waals surface area (Å²) in [5.74, 6) is 0.0727. The van der Waals surface area contributed by atoms with Gasteiger partial charge in [-0.15, -0.1) is 11.3 Å². The summed E-state index contributed by atoms with van der Waals surface area (Å²) in [6, 6.07) is 10.3. The van der Waals surface area contributed by atoms with E-state index in [1.165, 1.54) is 12.0 Å². The average Bonchev–Trinajstić information content (AvgIpc) is 3.02. The van der Waals surface area contributed by atoms with E-state index < -0.39 is 0 Å². The second-order valence-corrected chi connectivity index (χ2v) is 7.32. The van der Waals surface area contributed by atoms with Crippen LogP contribution < -0.4 is 0 Å². The molecule has 4 rings (SSSR count). The number of amides is 1. The fourth-order valence-corrected chi connectivity index (χ4v) is 4.25. The van der Waals surface area contributed by atoms with Crippen LogP contribution in [0.15, 0.2) is 35.7 Å². The Labute approximate surface area is 140 Å². The molecule has 0 N–H and O–H groups in total. The summed E-state index contributed by atoms with van der Waals surface area (Å²) < 4.78 is 5.62. The number of benzene rings is 1. The summed E-state index contributed by atoms with van der Waals surface area (Å²) >= 11 is 1.57. The van der Waals surface area contributed by atoms with Gasteiger partial charge in [-0.05, 0) is 24.8 Å². The highest BCUT2D eigenvalue weighted by Gasteiger charge is 2.47. The van der Waals surface area contributed by atoms with Crippen LogP contribution in [0.25, 0.3) is 0 Å². The van der Waals surface area contributed by atoms with Crippen LogP contribution in [0.5, 0.6) is 0 Å². The zero-order valence-electron chi connectivity index (χ0n) is 13.0. The molecule has 0 atom stereocenters. The smallest absolute Gasteiger partial charge is 0.273 e. The van der Waals surface area contributed by atoms with Crippen LogP contribution in [-0.4, -0.2) is 41.1 Å². The molecule has 0 bridgehead atoms. The van der Waals surface area contributed by atoms with Gasteiger partial charge in [0.25, 0.3) is 5.91 Å². The molecule has 1 spiro atoms. The van der Waals surface area contributed by atoms with E-state index in [1.807, 2.05) is 28.5 Å². The van der Waals surface area contributed by atoms with Crippen molar-refractivity contribution in [3.05, 3.63) is 52.0 Å². The monoisotopic (exact) mass is 328 g/mol. The van der Waals surface area contributed by atoms with Crippen LogP contribution in [0.3, 0.4) is 0 Å². The Hall–Kier alpha value is -1.72. The van der Waals surface area contributed by atoms with Gasteiger partial charge in [0, 0.05) is 18.3 Å². The first-order chi connectivity index (χ1) is 11.3. The van der Waals surface area contributed by atoms with E-state index in [2.05, 4.69) is 17.1 Å².